The Bertz CT molecular complexity index is 584. The van der Waals surface area contributed by atoms with E-state index in [-0.39, 0.29) is 48.6 Å². The molecule has 180 valence electrons. The van der Waals surface area contributed by atoms with Gasteiger partial charge in [-0.3, -0.25) is 4.79 Å². The van der Waals surface area contributed by atoms with Crippen molar-refractivity contribution in [2.45, 2.75) is 71.4 Å². The smallest absolute Gasteiger partial charge is 0.409 e. The third-order valence-electron chi connectivity index (χ3n) is 6.29. The van der Waals surface area contributed by atoms with Crippen molar-refractivity contribution in [2.75, 3.05) is 40.3 Å². The van der Waals surface area contributed by atoms with Crippen LogP contribution in [0.15, 0.2) is 4.99 Å². The van der Waals surface area contributed by atoms with E-state index in [1.807, 2.05) is 6.92 Å². The van der Waals surface area contributed by atoms with E-state index in [4.69, 9.17) is 4.74 Å². The van der Waals surface area contributed by atoms with E-state index in [1.54, 1.807) is 23.9 Å². The maximum Gasteiger partial charge on any atom is 0.409 e. The minimum absolute atomic E-state index is 0. The van der Waals surface area contributed by atoms with E-state index in [2.05, 4.69) is 29.5 Å². The number of nitrogens with zero attached hydrogens (tertiary/aromatic N) is 3. The Kier molecular flexibility index (Phi) is 12.5. The normalized spacial score (nSPS) is 22.5. The van der Waals surface area contributed by atoms with Gasteiger partial charge in [-0.2, -0.15) is 0 Å². The maximum atomic E-state index is 12.0. The monoisotopic (exact) mass is 551 g/mol. The largest absolute Gasteiger partial charge is 0.450 e. The number of amides is 2. The molecule has 1 heterocycles. The van der Waals surface area contributed by atoms with Crippen molar-refractivity contribution in [3.05, 3.63) is 0 Å². The molecule has 1 aliphatic carbocycles. The number of aliphatic imine (C=N–C) groups is 1. The molecule has 8 nitrogen and oxygen atoms in total. The van der Waals surface area contributed by atoms with Gasteiger partial charge < -0.3 is 25.2 Å². The summed E-state index contributed by atoms with van der Waals surface area (Å²) in [6, 6.07) is 0.615. The minimum atomic E-state index is -0.235. The van der Waals surface area contributed by atoms with Gasteiger partial charge in [0.25, 0.3) is 0 Å². The number of ether oxygens (including phenoxy) is 1. The summed E-state index contributed by atoms with van der Waals surface area (Å²) in [4.78, 5) is 31.8. The average Bonchev–Trinajstić information content (AvgIpc) is 2.72. The molecule has 9 heteroatoms. The van der Waals surface area contributed by atoms with Crippen molar-refractivity contribution >= 4 is 41.9 Å². The fourth-order valence-corrected chi connectivity index (χ4v) is 4.16. The zero-order valence-electron chi connectivity index (χ0n) is 19.9. The molecule has 0 spiro atoms. The van der Waals surface area contributed by atoms with Gasteiger partial charge in [0.2, 0.25) is 5.91 Å². The minimum Gasteiger partial charge on any atom is -0.450 e. The van der Waals surface area contributed by atoms with Crippen molar-refractivity contribution in [1.82, 2.24) is 20.4 Å². The summed E-state index contributed by atoms with van der Waals surface area (Å²) in [7, 11) is 3.49. The van der Waals surface area contributed by atoms with Crippen LogP contribution in [0.25, 0.3) is 0 Å². The fraction of sp³-hybridized carbons (Fsp3) is 0.864. The number of hydrogen-bond donors (Lipinski definition) is 2. The van der Waals surface area contributed by atoms with Crippen molar-refractivity contribution in [1.29, 1.82) is 0 Å². The second kappa shape index (κ2) is 14.0. The molecule has 2 N–H and O–H groups in total. The topological polar surface area (TPSA) is 86.3 Å². The molecule has 0 bridgehead atoms. The second-order valence-electron chi connectivity index (χ2n) is 9.06. The second-order valence-corrected chi connectivity index (χ2v) is 9.06. The first-order chi connectivity index (χ1) is 14.3. The predicted molar refractivity (Wildman–Crippen MR) is 135 cm³/mol. The Morgan fingerprint density at radius 1 is 1.03 bits per heavy atom. The van der Waals surface area contributed by atoms with Crippen LogP contribution < -0.4 is 10.6 Å². The number of halogens is 1. The van der Waals surface area contributed by atoms with Crippen LogP contribution in [-0.4, -0.2) is 80.2 Å². The maximum absolute atomic E-state index is 12.0. The molecule has 2 fully saturated rings. The van der Waals surface area contributed by atoms with Gasteiger partial charge >= 0.3 is 6.09 Å². The lowest BCUT2D eigenvalue weighted by Crippen LogP contribution is -2.52. The third kappa shape index (κ3) is 9.41. The fourth-order valence-electron chi connectivity index (χ4n) is 4.16. The molecular formula is C22H42IN5O3. The molecule has 31 heavy (non-hydrogen) atoms. The van der Waals surface area contributed by atoms with E-state index >= 15 is 0 Å². The number of rotatable bonds is 6. The van der Waals surface area contributed by atoms with Crippen LogP contribution in [0.5, 0.6) is 0 Å². The number of carbonyl (C=O) groups is 2. The molecule has 1 saturated heterocycles. The van der Waals surface area contributed by atoms with E-state index in [9.17, 15) is 9.59 Å². The Morgan fingerprint density at radius 2 is 1.58 bits per heavy atom. The van der Waals surface area contributed by atoms with Crippen molar-refractivity contribution < 1.29 is 14.3 Å². The van der Waals surface area contributed by atoms with Crippen LogP contribution in [-0.2, 0) is 9.53 Å². The number of carbonyl (C=O) groups excluding carboxylic acids is 2. The zero-order chi connectivity index (χ0) is 22.1. The Morgan fingerprint density at radius 3 is 2.06 bits per heavy atom. The number of hydrogen-bond acceptors (Lipinski definition) is 4. The molecule has 0 aromatic heterocycles. The van der Waals surface area contributed by atoms with Crippen LogP contribution in [0.2, 0.25) is 0 Å². The van der Waals surface area contributed by atoms with Gasteiger partial charge in [0, 0.05) is 39.3 Å². The molecule has 0 aromatic carbocycles. The van der Waals surface area contributed by atoms with E-state index < -0.39 is 0 Å². The average molecular weight is 552 g/mol. The van der Waals surface area contributed by atoms with Crippen molar-refractivity contribution in [3.8, 4) is 0 Å². The summed E-state index contributed by atoms with van der Waals surface area (Å²) in [6.07, 6.45) is 6.16. The first-order valence-electron chi connectivity index (χ1n) is 11.5. The van der Waals surface area contributed by atoms with Crippen LogP contribution in [0.4, 0.5) is 4.79 Å². The first kappa shape index (κ1) is 27.8. The van der Waals surface area contributed by atoms with Crippen LogP contribution in [0.1, 0.15) is 59.3 Å². The molecule has 0 unspecified atom stereocenters. The molecule has 0 radical (unpaired) electrons. The van der Waals surface area contributed by atoms with Crippen LogP contribution in [0, 0.1) is 11.8 Å². The standard InChI is InChI=1S/C22H41N5O3.HI/c1-6-30-22(29)27-13-11-19(12-14-27)25-21(23-15-20(28)26(4)5)24-18-9-7-17(8-10-18)16(2)3;/h16-19H,6-15H2,1-5H3,(H2,23,24,25);1H. The zero-order valence-corrected chi connectivity index (χ0v) is 22.2. The molecule has 0 atom stereocenters. The molecule has 0 aromatic rings. The first-order valence-corrected chi connectivity index (χ1v) is 11.5. The lowest BCUT2D eigenvalue weighted by molar-refractivity contribution is -0.127. The summed E-state index contributed by atoms with van der Waals surface area (Å²) in [5, 5.41) is 7.09. The highest BCUT2D eigenvalue weighted by atomic mass is 127. The highest BCUT2D eigenvalue weighted by Crippen LogP contribution is 2.29. The quantitative estimate of drug-likeness (QED) is 0.301. The summed E-state index contributed by atoms with van der Waals surface area (Å²) >= 11 is 0. The van der Waals surface area contributed by atoms with Gasteiger partial charge in [0.1, 0.15) is 6.54 Å². The van der Waals surface area contributed by atoms with Gasteiger partial charge in [-0.1, -0.05) is 13.8 Å². The van der Waals surface area contributed by atoms with Gasteiger partial charge in [0.15, 0.2) is 5.96 Å². The molecule has 1 saturated carbocycles. The summed E-state index contributed by atoms with van der Waals surface area (Å²) in [5.41, 5.74) is 0. The Hall–Kier alpha value is -1.26. The van der Waals surface area contributed by atoms with E-state index in [1.165, 1.54) is 12.8 Å². The molecule has 1 aliphatic heterocycles. The number of likely N-dealkylation sites (N-methyl/N-ethyl adjacent to an activating group) is 1. The summed E-state index contributed by atoms with van der Waals surface area (Å²) in [6.45, 7) is 8.30. The van der Waals surface area contributed by atoms with Gasteiger partial charge in [-0.25, -0.2) is 9.79 Å². The SMILES string of the molecule is CCOC(=O)N1CCC(NC(=NCC(=O)N(C)C)NC2CCC(C(C)C)CC2)CC1.I. The van der Waals surface area contributed by atoms with Crippen LogP contribution >= 0.6 is 24.0 Å². The van der Waals surface area contributed by atoms with Crippen LogP contribution in [0.3, 0.4) is 0 Å². The third-order valence-corrected chi connectivity index (χ3v) is 6.29. The molecular weight excluding hydrogens is 509 g/mol. The lowest BCUT2D eigenvalue weighted by atomic mass is 9.80. The number of nitrogens with one attached hydrogen (secondary N) is 2. The highest BCUT2D eigenvalue weighted by molar-refractivity contribution is 14.0. The molecule has 2 amide bonds. The molecule has 2 aliphatic rings. The van der Waals surface area contributed by atoms with Crippen molar-refractivity contribution in [2.24, 2.45) is 16.8 Å². The van der Waals surface area contributed by atoms with Gasteiger partial charge in [-0.15, -0.1) is 24.0 Å². The highest BCUT2D eigenvalue weighted by Gasteiger charge is 2.27. The van der Waals surface area contributed by atoms with Gasteiger partial charge in [-0.05, 0) is 57.3 Å². The summed E-state index contributed by atoms with van der Waals surface area (Å²) < 4.78 is 5.10. The Labute approximate surface area is 204 Å². The number of piperidine rings is 1. The van der Waals surface area contributed by atoms with Crippen molar-refractivity contribution in [3.63, 3.8) is 0 Å². The number of guanidine groups is 1. The van der Waals surface area contributed by atoms with E-state index in [0.29, 0.717) is 31.7 Å². The van der Waals surface area contributed by atoms with Gasteiger partial charge in [0.05, 0.1) is 6.61 Å². The lowest BCUT2D eigenvalue weighted by Gasteiger charge is -2.35. The molecule has 2 rings (SSSR count). The Balaban J connectivity index is 0.00000480. The predicted octanol–water partition coefficient (Wildman–Crippen LogP) is 3.06. The number of likely N-dealkylation sites (tertiary alicyclic amines) is 1. The summed E-state index contributed by atoms with van der Waals surface area (Å²) in [5.74, 6) is 2.24. The van der Waals surface area contributed by atoms with E-state index in [0.717, 1.165) is 37.5 Å².